The van der Waals surface area contributed by atoms with Crippen molar-refractivity contribution in [1.29, 1.82) is 0 Å². The summed E-state index contributed by atoms with van der Waals surface area (Å²) in [6.45, 7) is 3.26. The second-order valence-electron chi connectivity index (χ2n) is 4.01. The van der Waals surface area contributed by atoms with E-state index in [2.05, 4.69) is 20.6 Å². The van der Waals surface area contributed by atoms with Gasteiger partial charge in [0.2, 0.25) is 0 Å². The second-order valence-corrected chi connectivity index (χ2v) is 4.01. The fraction of sp³-hybridized carbons (Fsp3) is 0.214. The summed E-state index contributed by atoms with van der Waals surface area (Å²) in [6, 6.07) is 7.31. The average Bonchev–Trinajstić information content (AvgIpc) is 2.47. The quantitative estimate of drug-likeness (QED) is 0.856. The molecule has 5 nitrogen and oxygen atoms in total. The lowest BCUT2D eigenvalue weighted by Crippen LogP contribution is -2.23. The lowest BCUT2D eigenvalue weighted by molar-refractivity contribution is 0.0950. The summed E-state index contributed by atoms with van der Waals surface area (Å²) < 4.78 is 0. The minimum absolute atomic E-state index is 0.139. The molecule has 0 aliphatic carbocycles. The summed E-state index contributed by atoms with van der Waals surface area (Å²) in [4.78, 5) is 20.1. The third-order valence-electron chi connectivity index (χ3n) is 2.56. The smallest absolute Gasteiger partial charge is 0.253 e. The molecule has 5 heteroatoms. The third kappa shape index (κ3) is 3.77. The normalized spacial score (nSPS) is 9.95. The monoisotopic (exact) mass is 256 g/mol. The Morgan fingerprint density at radius 1 is 1.26 bits per heavy atom. The summed E-state index contributed by atoms with van der Waals surface area (Å²) in [6.07, 6.45) is 5.00. The van der Waals surface area contributed by atoms with Crippen molar-refractivity contribution in [2.24, 2.45) is 0 Å². The van der Waals surface area contributed by atoms with Gasteiger partial charge in [0.05, 0.1) is 5.56 Å². The van der Waals surface area contributed by atoms with Crippen LogP contribution in [0.3, 0.4) is 0 Å². The maximum Gasteiger partial charge on any atom is 0.253 e. The van der Waals surface area contributed by atoms with Crippen molar-refractivity contribution in [2.75, 3.05) is 11.9 Å². The SMILES string of the molecule is CCNc1ccc(C(=O)NCc2cccnc2)cn1. The molecule has 2 heterocycles. The van der Waals surface area contributed by atoms with Crippen molar-refractivity contribution in [1.82, 2.24) is 15.3 Å². The first-order valence-corrected chi connectivity index (χ1v) is 6.16. The number of pyridine rings is 2. The van der Waals surface area contributed by atoms with Gasteiger partial charge in [0.25, 0.3) is 5.91 Å². The zero-order chi connectivity index (χ0) is 13.5. The molecule has 98 valence electrons. The van der Waals surface area contributed by atoms with Gasteiger partial charge in [-0.1, -0.05) is 6.07 Å². The van der Waals surface area contributed by atoms with Gasteiger partial charge < -0.3 is 10.6 Å². The highest BCUT2D eigenvalue weighted by atomic mass is 16.1. The topological polar surface area (TPSA) is 66.9 Å². The van der Waals surface area contributed by atoms with E-state index in [1.165, 1.54) is 0 Å². The number of anilines is 1. The van der Waals surface area contributed by atoms with E-state index in [1.807, 2.05) is 19.1 Å². The van der Waals surface area contributed by atoms with E-state index in [0.29, 0.717) is 12.1 Å². The lowest BCUT2D eigenvalue weighted by atomic mass is 10.2. The van der Waals surface area contributed by atoms with Crippen LogP contribution in [0.1, 0.15) is 22.8 Å². The van der Waals surface area contributed by atoms with E-state index in [0.717, 1.165) is 17.9 Å². The van der Waals surface area contributed by atoms with Crippen LogP contribution in [0.15, 0.2) is 42.9 Å². The largest absolute Gasteiger partial charge is 0.370 e. The number of aromatic nitrogens is 2. The minimum Gasteiger partial charge on any atom is -0.370 e. The van der Waals surface area contributed by atoms with Crippen LogP contribution in [-0.2, 0) is 6.54 Å². The maximum atomic E-state index is 11.9. The van der Waals surface area contributed by atoms with E-state index in [9.17, 15) is 4.79 Å². The molecule has 2 aromatic rings. The van der Waals surface area contributed by atoms with Crippen LogP contribution in [0.25, 0.3) is 0 Å². The van der Waals surface area contributed by atoms with Crippen molar-refractivity contribution >= 4 is 11.7 Å². The number of carbonyl (C=O) groups excluding carboxylic acids is 1. The summed E-state index contributed by atoms with van der Waals surface area (Å²) >= 11 is 0. The number of carbonyl (C=O) groups is 1. The molecule has 0 unspecified atom stereocenters. The van der Waals surface area contributed by atoms with Gasteiger partial charge in [-0.25, -0.2) is 4.98 Å². The fourth-order valence-electron chi connectivity index (χ4n) is 1.60. The Morgan fingerprint density at radius 2 is 2.16 bits per heavy atom. The molecule has 0 atom stereocenters. The molecule has 0 saturated carbocycles. The van der Waals surface area contributed by atoms with Crippen LogP contribution in [0.5, 0.6) is 0 Å². The standard InChI is InChI=1S/C14H16N4O/c1-2-16-13-6-5-12(10-17-13)14(19)18-9-11-4-3-7-15-8-11/h3-8,10H,2,9H2,1H3,(H,16,17)(H,18,19). The first-order chi connectivity index (χ1) is 9.29. The maximum absolute atomic E-state index is 11.9. The summed E-state index contributed by atoms with van der Waals surface area (Å²) in [7, 11) is 0. The van der Waals surface area contributed by atoms with Gasteiger partial charge >= 0.3 is 0 Å². The van der Waals surface area contributed by atoms with Crippen LogP contribution in [0.2, 0.25) is 0 Å². The zero-order valence-electron chi connectivity index (χ0n) is 10.8. The zero-order valence-corrected chi connectivity index (χ0v) is 10.8. The lowest BCUT2D eigenvalue weighted by Gasteiger charge is -2.06. The third-order valence-corrected chi connectivity index (χ3v) is 2.56. The predicted octanol–water partition coefficient (Wildman–Crippen LogP) is 1.84. The van der Waals surface area contributed by atoms with Crippen LogP contribution < -0.4 is 10.6 Å². The van der Waals surface area contributed by atoms with Crippen molar-refractivity contribution in [3.63, 3.8) is 0 Å². The highest BCUT2D eigenvalue weighted by Crippen LogP contribution is 2.05. The molecule has 0 radical (unpaired) electrons. The predicted molar refractivity (Wildman–Crippen MR) is 73.8 cm³/mol. The van der Waals surface area contributed by atoms with E-state index in [4.69, 9.17) is 0 Å². The van der Waals surface area contributed by atoms with Gasteiger partial charge in [0.15, 0.2) is 0 Å². The average molecular weight is 256 g/mol. The van der Waals surface area contributed by atoms with Crippen molar-refractivity contribution in [2.45, 2.75) is 13.5 Å². The highest BCUT2D eigenvalue weighted by Gasteiger charge is 2.05. The van der Waals surface area contributed by atoms with Crippen molar-refractivity contribution in [3.05, 3.63) is 54.0 Å². The molecule has 2 N–H and O–H groups in total. The van der Waals surface area contributed by atoms with Crippen LogP contribution >= 0.6 is 0 Å². The van der Waals surface area contributed by atoms with E-state index in [-0.39, 0.29) is 5.91 Å². The van der Waals surface area contributed by atoms with Crippen LogP contribution in [0.4, 0.5) is 5.82 Å². The van der Waals surface area contributed by atoms with Gasteiger partial charge in [-0.2, -0.15) is 0 Å². The molecular weight excluding hydrogens is 240 g/mol. The molecule has 2 aromatic heterocycles. The second kappa shape index (κ2) is 6.49. The van der Waals surface area contributed by atoms with E-state index < -0.39 is 0 Å². The number of rotatable bonds is 5. The molecular formula is C14H16N4O. The van der Waals surface area contributed by atoms with Gasteiger partial charge in [-0.3, -0.25) is 9.78 Å². The minimum atomic E-state index is -0.139. The van der Waals surface area contributed by atoms with E-state index >= 15 is 0 Å². The molecule has 2 rings (SSSR count). The van der Waals surface area contributed by atoms with Gasteiger partial charge in [0, 0.05) is 31.7 Å². The number of amides is 1. The van der Waals surface area contributed by atoms with Crippen molar-refractivity contribution in [3.8, 4) is 0 Å². The number of hydrogen-bond donors (Lipinski definition) is 2. The molecule has 0 spiro atoms. The summed E-state index contributed by atoms with van der Waals surface area (Å²) in [5.74, 6) is 0.630. The first-order valence-electron chi connectivity index (χ1n) is 6.16. The first kappa shape index (κ1) is 13.0. The number of hydrogen-bond acceptors (Lipinski definition) is 4. The van der Waals surface area contributed by atoms with Crippen molar-refractivity contribution < 1.29 is 4.79 Å². The Hall–Kier alpha value is -2.43. The summed E-state index contributed by atoms with van der Waals surface area (Å²) in [5, 5.41) is 5.91. The fourth-order valence-corrected chi connectivity index (χ4v) is 1.60. The number of nitrogens with one attached hydrogen (secondary N) is 2. The Bertz CT molecular complexity index is 525. The number of nitrogens with zero attached hydrogens (tertiary/aromatic N) is 2. The van der Waals surface area contributed by atoms with Crippen LogP contribution in [-0.4, -0.2) is 22.4 Å². The Balaban J connectivity index is 1.92. The molecule has 0 saturated heterocycles. The summed E-state index contributed by atoms with van der Waals surface area (Å²) in [5.41, 5.74) is 1.51. The Morgan fingerprint density at radius 3 is 2.79 bits per heavy atom. The van der Waals surface area contributed by atoms with E-state index in [1.54, 1.807) is 30.7 Å². The molecule has 19 heavy (non-hydrogen) atoms. The molecule has 1 amide bonds. The molecule has 0 bridgehead atoms. The van der Waals surface area contributed by atoms with Gasteiger partial charge in [-0.15, -0.1) is 0 Å². The Kier molecular flexibility index (Phi) is 4.44. The van der Waals surface area contributed by atoms with Gasteiger partial charge in [0.1, 0.15) is 5.82 Å². The molecule has 0 aliphatic heterocycles. The molecule has 0 aromatic carbocycles. The Labute approximate surface area is 112 Å². The molecule has 0 aliphatic rings. The molecule has 0 fully saturated rings. The highest BCUT2D eigenvalue weighted by molar-refractivity contribution is 5.93. The van der Waals surface area contributed by atoms with Crippen LogP contribution in [0, 0.1) is 0 Å². The van der Waals surface area contributed by atoms with Gasteiger partial charge in [-0.05, 0) is 30.7 Å².